The largest absolute Gasteiger partial charge is 0.496 e. The molecule has 2 nitrogen and oxygen atoms in total. The Labute approximate surface area is 113 Å². The van der Waals surface area contributed by atoms with Crippen LogP contribution in [0, 0.1) is 5.82 Å². The minimum absolute atomic E-state index is 0.0449. The van der Waals surface area contributed by atoms with Gasteiger partial charge in [-0.2, -0.15) is 0 Å². The third kappa shape index (κ3) is 2.93. The van der Waals surface area contributed by atoms with Crippen LogP contribution < -0.4 is 10.5 Å². The number of nitrogens with two attached hydrogens (primary N) is 1. The van der Waals surface area contributed by atoms with Crippen molar-refractivity contribution in [1.29, 1.82) is 0 Å². The first-order valence-electron chi connectivity index (χ1n) is 6.35. The van der Waals surface area contributed by atoms with E-state index < -0.39 is 0 Å². The molecule has 0 heterocycles. The molecule has 2 N–H and O–H groups in total. The molecule has 0 aliphatic heterocycles. The zero-order valence-corrected chi connectivity index (χ0v) is 11.2. The fraction of sp³-hybridized carbons (Fsp3) is 0.250. The summed E-state index contributed by atoms with van der Waals surface area (Å²) in [4.78, 5) is 0. The topological polar surface area (TPSA) is 35.2 Å². The molecule has 0 spiro atoms. The smallest absolute Gasteiger partial charge is 0.126 e. The second-order valence-corrected chi connectivity index (χ2v) is 4.48. The van der Waals surface area contributed by atoms with Crippen molar-refractivity contribution in [1.82, 2.24) is 0 Å². The highest BCUT2D eigenvalue weighted by atomic mass is 19.1. The molecule has 2 rings (SSSR count). The van der Waals surface area contributed by atoms with Gasteiger partial charge in [0.05, 0.1) is 7.11 Å². The molecule has 0 radical (unpaired) electrons. The SMILES string of the molecule is CCC(N)c1ccc(-c2cc(F)ccc2OC)cc1. The molecule has 0 saturated carbocycles. The van der Waals surface area contributed by atoms with E-state index >= 15 is 0 Å². The molecule has 3 heteroatoms. The van der Waals surface area contributed by atoms with Crippen molar-refractivity contribution in [2.24, 2.45) is 5.73 Å². The Hall–Kier alpha value is -1.87. The van der Waals surface area contributed by atoms with E-state index in [1.165, 1.54) is 12.1 Å². The molecular formula is C16H18FNO. The van der Waals surface area contributed by atoms with Crippen LogP contribution in [0.4, 0.5) is 4.39 Å². The summed E-state index contributed by atoms with van der Waals surface area (Å²) >= 11 is 0. The third-order valence-corrected chi connectivity index (χ3v) is 3.25. The fourth-order valence-electron chi connectivity index (χ4n) is 2.05. The molecule has 2 aromatic rings. The van der Waals surface area contributed by atoms with Gasteiger partial charge in [-0.15, -0.1) is 0 Å². The van der Waals surface area contributed by atoms with Gasteiger partial charge < -0.3 is 10.5 Å². The second kappa shape index (κ2) is 5.85. The van der Waals surface area contributed by atoms with Crippen molar-refractivity contribution in [3.63, 3.8) is 0 Å². The van der Waals surface area contributed by atoms with E-state index in [1.54, 1.807) is 13.2 Å². The summed E-state index contributed by atoms with van der Waals surface area (Å²) in [5, 5.41) is 0. The Kier molecular flexibility index (Phi) is 4.17. The van der Waals surface area contributed by atoms with Crippen molar-refractivity contribution < 1.29 is 9.13 Å². The lowest BCUT2D eigenvalue weighted by molar-refractivity contribution is 0.415. The molecule has 2 aromatic carbocycles. The third-order valence-electron chi connectivity index (χ3n) is 3.25. The molecule has 0 saturated heterocycles. The minimum Gasteiger partial charge on any atom is -0.496 e. The quantitative estimate of drug-likeness (QED) is 0.903. The maximum absolute atomic E-state index is 13.4. The van der Waals surface area contributed by atoms with Gasteiger partial charge in [0, 0.05) is 11.6 Å². The van der Waals surface area contributed by atoms with Crippen LogP contribution in [0.2, 0.25) is 0 Å². The predicted octanol–water partition coefficient (Wildman–Crippen LogP) is 3.91. The summed E-state index contributed by atoms with van der Waals surface area (Å²) < 4.78 is 18.6. The Morgan fingerprint density at radius 3 is 2.42 bits per heavy atom. The Morgan fingerprint density at radius 1 is 1.16 bits per heavy atom. The average Bonchev–Trinajstić information content (AvgIpc) is 2.46. The van der Waals surface area contributed by atoms with E-state index in [1.807, 2.05) is 31.2 Å². The van der Waals surface area contributed by atoms with Crippen molar-refractivity contribution in [2.75, 3.05) is 7.11 Å². The van der Waals surface area contributed by atoms with Crippen LogP contribution in [0.5, 0.6) is 5.75 Å². The van der Waals surface area contributed by atoms with E-state index in [0.29, 0.717) is 5.75 Å². The first-order chi connectivity index (χ1) is 9.15. The molecular weight excluding hydrogens is 241 g/mol. The predicted molar refractivity (Wildman–Crippen MR) is 75.6 cm³/mol. The standard InChI is InChI=1S/C16H18FNO/c1-3-15(18)12-6-4-11(5-7-12)14-10-13(17)8-9-16(14)19-2/h4-10,15H,3,18H2,1-2H3. The number of ether oxygens (including phenoxy) is 1. The van der Waals surface area contributed by atoms with Crippen molar-refractivity contribution >= 4 is 0 Å². The summed E-state index contributed by atoms with van der Waals surface area (Å²) in [6, 6.07) is 12.4. The molecule has 19 heavy (non-hydrogen) atoms. The summed E-state index contributed by atoms with van der Waals surface area (Å²) in [7, 11) is 1.58. The Balaban J connectivity index is 2.39. The van der Waals surface area contributed by atoms with Gasteiger partial charge in [0.1, 0.15) is 11.6 Å². The van der Waals surface area contributed by atoms with E-state index in [9.17, 15) is 4.39 Å². The van der Waals surface area contributed by atoms with Gasteiger partial charge in [0.2, 0.25) is 0 Å². The van der Waals surface area contributed by atoms with Gasteiger partial charge >= 0.3 is 0 Å². The summed E-state index contributed by atoms with van der Waals surface area (Å²) in [6.45, 7) is 2.05. The minimum atomic E-state index is -0.273. The monoisotopic (exact) mass is 259 g/mol. The normalized spacial score (nSPS) is 12.2. The lowest BCUT2D eigenvalue weighted by Crippen LogP contribution is -2.08. The van der Waals surface area contributed by atoms with Crippen LogP contribution in [-0.2, 0) is 0 Å². The van der Waals surface area contributed by atoms with Gasteiger partial charge in [0.25, 0.3) is 0 Å². The lowest BCUT2D eigenvalue weighted by Gasteiger charge is -2.12. The van der Waals surface area contributed by atoms with E-state index in [4.69, 9.17) is 10.5 Å². The molecule has 0 bridgehead atoms. The van der Waals surface area contributed by atoms with Gasteiger partial charge in [-0.1, -0.05) is 31.2 Å². The number of halogens is 1. The molecule has 100 valence electrons. The van der Waals surface area contributed by atoms with Crippen molar-refractivity contribution in [2.45, 2.75) is 19.4 Å². The van der Waals surface area contributed by atoms with E-state index in [0.717, 1.165) is 23.1 Å². The Bertz CT molecular complexity index is 551. The van der Waals surface area contributed by atoms with Gasteiger partial charge in [-0.25, -0.2) is 4.39 Å². The highest BCUT2D eigenvalue weighted by Gasteiger charge is 2.08. The van der Waals surface area contributed by atoms with Crippen LogP contribution >= 0.6 is 0 Å². The lowest BCUT2D eigenvalue weighted by atomic mass is 9.99. The van der Waals surface area contributed by atoms with Crippen LogP contribution in [-0.4, -0.2) is 7.11 Å². The molecule has 1 unspecified atom stereocenters. The molecule has 0 amide bonds. The summed E-state index contributed by atoms with van der Waals surface area (Å²) in [5.74, 6) is 0.388. The molecule has 0 fully saturated rings. The number of benzene rings is 2. The van der Waals surface area contributed by atoms with Gasteiger partial charge in [0.15, 0.2) is 0 Å². The number of rotatable bonds is 4. The number of methoxy groups -OCH3 is 1. The average molecular weight is 259 g/mol. The number of hydrogen-bond donors (Lipinski definition) is 1. The van der Waals surface area contributed by atoms with Gasteiger partial charge in [-0.05, 0) is 35.7 Å². The summed E-state index contributed by atoms with van der Waals surface area (Å²) in [6.07, 6.45) is 0.892. The van der Waals surface area contributed by atoms with E-state index in [2.05, 4.69) is 0 Å². The maximum atomic E-state index is 13.4. The maximum Gasteiger partial charge on any atom is 0.126 e. The highest BCUT2D eigenvalue weighted by molar-refractivity contribution is 5.70. The first-order valence-corrected chi connectivity index (χ1v) is 6.35. The van der Waals surface area contributed by atoms with Crippen LogP contribution in [0.15, 0.2) is 42.5 Å². The fourth-order valence-corrected chi connectivity index (χ4v) is 2.05. The zero-order valence-electron chi connectivity index (χ0n) is 11.2. The zero-order chi connectivity index (χ0) is 13.8. The highest BCUT2D eigenvalue weighted by Crippen LogP contribution is 2.31. The van der Waals surface area contributed by atoms with Crippen molar-refractivity contribution in [3.05, 3.63) is 53.8 Å². The van der Waals surface area contributed by atoms with Crippen LogP contribution in [0.25, 0.3) is 11.1 Å². The van der Waals surface area contributed by atoms with Crippen molar-refractivity contribution in [3.8, 4) is 16.9 Å². The van der Waals surface area contributed by atoms with Gasteiger partial charge in [-0.3, -0.25) is 0 Å². The molecule has 0 aromatic heterocycles. The van der Waals surface area contributed by atoms with E-state index in [-0.39, 0.29) is 11.9 Å². The number of hydrogen-bond acceptors (Lipinski definition) is 2. The Morgan fingerprint density at radius 2 is 1.84 bits per heavy atom. The molecule has 0 aliphatic rings. The second-order valence-electron chi connectivity index (χ2n) is 4.48. The van der Waals surface area contributed by atoms with Crippen LogP contribution in [0.3, 0.4) is 0 Å². The first kappa shape index (κ1) is 13.6. The molecule has 0 aliphatic carbocycles. The summed E-state index contributed by atoms with van der Waals surface area (Å²) in [5.41, 5.74) is 8.73. The van der Waals surface area contributed by atoms with Crippen LogP contribution in [0.1, 0.15) is 24.9 Å². The molecule has 1 atom stereocenters.